The molecule has 0 spiro atoms. The minimum absolute atomic E-state index is 0.0515. The predicted octanol–water partition coefficient (Wildman–Crippen LogP) is 0.132. The Hall–Kier alpha value is -1.33. The van der Waals surface area contributed by atoms with Gasteiger partial charge in [-0.25, -0.2) is 0 Å². The van der Waals surface area contributed by atoms with Crippen molar-refractivity contribution in [2.24, 2.45) is 5.73 Å². The molecule has 0 saturated carbocycles. The summed E-state index contributed by atoms with van der Waals surface area (Å²) in [5.74, 6) is -0.403. The second kappa shape index (κ2) is 4.04. The number of carbonyl (C=O) groups excluding carboxylic acids is 1. The Balaban J connectivity index is 2.15. The van der Waals surface area contributed by atoms with E-state index < -0.39 is 5.91 Å². The van der Waals surface area contributed by atoms with E-state index in [1.54, 1.807) is 19.4 Å². The molecule has 15 heavy (non-hydrogen) atoms. The van der Waals surface area contributed by atoms with Gasteiger partial charge in [-0.15, -0.1) is 0 Å². The Kier molecular flexibility index (Phi) is 2.75. The fourth-order valence-electron chi connectivity index (χ4n) is 1.74. The maximum atomic E-state index is 11.0. The number of hydrogen-bond acceptors (Lipinski definition) is 3. The molecule has 0 fully saturated rings. The van der Waals surface area contributed by atoms with Crippen LogP contribution in [0.3, 0.4) is 0 Å². The minimum Gasteiger partial charge on any atom is -0.382 e. The Bertz CT molecular complexity index is 373. The summed E-state index contributed by atoms with van der Waals surface area (Å²) < 4.78 is 12.6. The van der Waals surface area contributed by atoms with E-state index in [4.69, 9.17) is 15.2 Å². The topological polar surface area (TPSA) is 66.5 Å². The monoisotopic (exact) mass is 210 g/mol. The first kappa shape index (κ1) is 10.2. The highest BCUT2D eigenvalue weighted by Crippen LogP contribution is 2.17. The van der Waals surface area contributed by atoms with E-state index in [2.05, 4.69) is 0 Å². The van der Waals surface area contributed by atoms with Crippen LogP contribution >= 0.6 is 0 Å². The average molecular weight is 210 g/mol. The van der Waals surface area contributed by atoms with Crippen molar-refractivity contribution < 1.29 is 14.3 Å². The highest BCUT2D eigenvalue weighted by atomic mass is 16.5. The third-order valence-corrected chi connectivity index (χ3v) is 2.49. The fraction of sp³-hybridized carbons (Fsp3) is 0.500. The maximum Gasteiger partial charge on any atom is 0.250 e. The van der Waals surface area contributed by atoms with Gasteiger partial charge >= 0.3 is 0 Å². The van der Waals surface area contributed by atoms with Crippen LogP contribution in [-0.2, 0) is 22.6 Å². The van der Waals surface area contributed by atoms with Crippen molar-refractivity contribution >= 4 is 5.91 Å². The first-order valence-electron chi connectivity index (χ1n) is 4.80. The van der Waals surface area contributed by atoms with Gasteiger partial charge in [-0.2, -0.15) is 0 Å². The number of amides is 1. The number of rotatable bonds is 3. The Morgan fingerprint density at radius 2 is 2.60 bits per heavy atom. The van der Waals surface area contributed by atoms with Crippen molar-refractivity contribution in [3.63, 3.8) is 0 Å². The van der Waals surface area contributed by atoms with Gasteiger partial charge < -0.3 is 19.8 Å². The van der Waals surface area contributed by atoms with Crippen molar-refractivity contribution in [1.82, 2.24) is 4.57 Å². The van der Waals surface area contributed by atoms with E-state index >= 15 is 0 Å². The molecule has 0 aliphatic carbocycles. The minimum atomic E-state index is -0.403. The Morgan fingerprint density at radius 3 is 3.27 bits per heavy atom. The molecule has 1 atom stereocenters. The first-order valence-corrected chi connectivity index (χ1v) is 4.80. The summed E-state index contributed by atoms with van der Waals surface area (Å²) in [6, 6.07) is 1.77. The van der Waals surface area contributed by atoms with E-state index in [9.17, 15) is 4.79 Å². The molecule has 0 aromatic carbocycles. The molecule has 1 aromatic heterocycles. The molecule has 0 saturated heterocycles. The molecule has 2 heterocycles. The summed E-state index contributed by atoms with van der Waals surface area (Å²) in [5, 5.41) is 0. The highest BCUT2D eigenvalue weighted by Gasteiger charge is 2.20. The lowest BCUT2D eigenvalue weighted by Crippen LogP contribution is -2.30. The van der Waals surface area contributed by atoms with Crippen LogP contribution in [0.25, 0.3) is 0 Å². The van der Waals surface area contributed by atoms with Gasteiger partial charge in [0.25, 0.3) is 0 Å². The molecule has 5 heteroatoms. The SMILES string of the molecule is COC[C@@H]1Cn2cc(C(N)=O)cc2CO1. The highest BCUT2D eigenvalue weighted by molar-refractivity contribution is 5.92. The average Bonchev–Trinajstić information content (AvgIpc) is 2.61. The molecule has 82 valence electrons. The Labute approximate surface area is 87.8 Å². The van der Waals surface area contributed by atoms with Crippen LogP contribution in [0.1, 0.15) is 16.1 Å². The molecule has 5 nitrogen and oxygen atoms in total. The number of ether oxygens (including phenoxy) is 2. The maximum absolute atomic E-state index is 11.0. The first-order chi connectivity index (χ1) is 7.20. The normalized spacial score (nSPS) is 19.9. The smallest absolute Gasteiger partial charge is 0.250 e. The summed E-state index contributed by atoms with van der Waals surface area (Å²) in [7, 11) is 1.64. The lowest BCUT2D eigenvalue weighted by atomic mass is 10.3. The number of carbonyl (C=O) groups is 1. The van der Waals surface area contributed by atoms with Crippen molar-refractivity contribution in [1.29, 1.82) is 0 Å². The molecular weight excluding hydrogens is 196 g/mol. The van der Waals surface area contributed by atoms with E-state index in [1.807, 2.05) is 4.57 Å². The van der Waals surface area contributed by atoms with Crippen molar-refractivity contribution in [3.05, 3.63) is 23.5 Å². The molecule has 0 bridgehead atoms. The summed E-state index contributed by atoms with van der Waals surface area (Å²) in [6.07, 6.45) is 1.82. The third-order valence-electron chi connectivity index (χ3n) is 2.49. The Morgan fingerprint density at radius 1 is 1.80 bits per heavy atom. The van der Waals surface area contributed by atoms with Crippen molar-refractivity contribution in [3.8, 4) is 0 Å². The van der Waals surface area contributed by atoms with E-state index in [-0.39, 0.29) is 6.10 Å². The largest absolute Gasteiger partial charge is 0.382 e. The number of primary amides is 1. The van der Waals surface area contributed by atoms with Gasteiger partial charge in [0.1, 0.15) is 0 Å². The molecule has 1 aliphatic rings. The lowest BCUT2D eigenvalue weighted by molar-refractivity contribution is -0.0382. The zero-order valence-corrected chi connectivity index (χ0v) is 8.60. The molecule has 0 radical (unpaired) electrons. The van der Waals surface area contributed by atoms with Crippen LogP contribution in [0.4, 0.5) is 0 Å². The summed E-state index contributed by atoms with van der Waals surface area (Å²) >= 11 is 0. The molecule has 2 N–H and O–H groups in total. The number of methoxy groups -OCH3 is 1. The quantitative estimate of drug-likeness (QED) is 0.771. The summed E-state index contributed by atoms with van der Waals surface area (Å²) in [4.78, 5) is 11.0. The number of aromatic nitrogens is 1. The molecule has 1 aliphatic heterocycles. The van der Waals surface area contributed by atoms with Crippen LogP contribution in [0.5, 0.6) is 0 Å². The molecular formula is C10H14N2O3. The zero-order valence-electron chi connectivity index (χ0n) is 8.60. The van der Waals surface area contributed by atoms with Crippen LogP contribution in [0, 0.1) is 0 Å². The van der Waals surface area contributed by atoms with Crippen molar-refractivity contribution in [2.75, 3.05) is 13.7 Å². The standard InChI is InChI=1S/C10H14N2O3/c1-14-6-9-4-12-3-7(10(11)13)2-8(12)5-15-9/h2-3,9H,4-6H2,1H3,(H2,11,13)/t9-/m0/s1. The van der Waals surface area contributed by atoms with E-state index in [0.717, 1.165) is 5.69 Å². The van der Waals surface area contributed by atoms with E-state index in [1.165, 1.54) is 0 Å². The van der Waals surface area contributed by atoms with Gasteiger partial charge in [-0.1, -0.05) is 0 Å². The molecule has 1 amide bonds. The number of nitrogens with two attached hydrogens (primary N) is 1. The van der Waals surface area contributed by atoms with Crippen LogP contribution in [-0.4, -0.2) is 30.3 Å². The fourth-order valence-corrected chi connectivity index (χ4v) is 1.74. The van der Waals surface area contributed by atoms with Crippen molar-refractivity contribution in [2.45, 2.75) is 19.3 Å². The number of fused-ring (bicyclic) bond motifs is 1. The molecule has 2 rings (SSSR count). The lowest BCUT2D eigenvalue weighted by Gasteiger charge is -2.24. The third kappa shape index (κ3) is 2.03. The van der Waals surface area contributed by atoms with Gasteiger partial charge in [-0.05, 0) is 6.07 Å². The molecule has 0 unspecified atom stereocenters. The second-order valence-electron chi connectivity index (χ2n) is 3.63. The van der Waals surface area contributed by atoms with Gasteiger partial charge in [0.05, 0.1) is 31.4 Å². The second-order valence-corrected chi connectivity index (χ2v) is 3.63. The summed E-state index contributed by atoms with van der Waals surface area (Å²) in [5.41, 5.74) is 6.72. The zero-order chi connectivity index (χ0) is 10.8. The van der Waals surface area contributed by atoms with Crippen LogP contribution in [0.2, 0.25) is 0 Å². The van der Waals surface area contributed by atoms with Crippen LogP contribution < -0.4 is 5.73 Å². The summed E-state index contributed by atoms with van der Waals surface area (Å²) in [6.45, 7) is 1.77. The number of nitrogens with zero attached hydrogens (tertiary/aromatic N) is 1. The molecule has 1 aromatic rings. The van der Waals surface area contributed by atoms with Gasteiger partial charge in [0.2, 0.25) is 5.91 Å². The number of hydrogen-bond donors (Lipinski definition) is 1. The van der Waals surface area contributed by atoms with Gasteiger partial charge in [-0.3, -0.25) is 4.79 Å². The van der Waals surface area contributed by atoms with E-state index in [0.29, 0.717) is 25.3 Å². The van der Waals surface area contributed by atoms with Gasteiger partial charge in [0.15, 0.2) is 0 Å². The van der Waals surface area contributed by atoms with Crippen LogP contribution in [0.15, 0.2) is 12.3 Å². The predicted molar refractivity (Wildman–Crippen MR) is 53.4 cm³/mol. The van der Waals surface area contributed by atoms with Gasteiger partial charge in [0, 0.05) is 19.0 Å².